The van der Waals surface area contributed by atoms with E-state index in [1.807, 2.05) is 44.2 Å². The Balaban J connectivity index is 2.30. The number of carboxylic acids is 1. The van der Waals surface area contributed by atoms with Gasteiger partial charge < -0.3 is 5.11 Å². The van der Waals surface area contributed by atoms with Gasteiger partial charge in [-0.2, -0.15) is 0 Å². The van der Waals surface area contributed by atoms with Gasteiger partial charge in [0.2, 0.25) is 0 Å². The molecule has 2 nitrogen and oxygen atoms in total. The fourth-order valence-electron chi connectivity index (χ4n) is 2.61. The van der Waals surface area contributed by atoms with E-state index in [0.717, 1.165) is 28.7 Å². The largest absolute Gasteiger partial charge is 0.481 e. The molecule has 110 valence electrons. The van der Waals surface area contributed by atoms with Crippen molar-refractivity contribution in [1.82, 2.24) is 0 Å². The van der Waals surface area contributed by atoms with E-state index in [9.17, 15) is 9.90 Å². The Hall–Kier alpha value is -2.09. The number of aliphatic carboxylic acids is 1. The summed E-state index contributed by atoms with van der Waals surface area (Å²) in [6, 6.07) is 14.3. The van der Waals surface area contributed by atoms with E-state index in [4.69, 9.17) is 0 Å². The van der Waals surface area contributed by atoms with E-state index in [1.165, 1.54) is 5.56 Å². The molecule has 2 heteroatoms. The van der Waals surface area contributed by atoms with Crippen molar-refractivity contribution in [2.24, 2.45) is 0 Å². The molecule has 0 amide bonds. The van der Waals surface area contributed by atoms with Gasteiger partial charge in [-0.1, -0.05) is 55.0 Å². The molecule has 0 aliphatic carbocycles. The van der Waals surface area contributed by atoms with Crippen LogP contribution in [0.1, 0.15) is 40.7 Å². The topological polar surface area (TPSA) is 37.3 Å². The van der Waals surface area contributed by atoms with Crippen LogP contribution in [0.2, 0.25) is 0 Å². The summed E-state index contributed by atoms with van der Waals surface area (Å²) in [7, 11) is 0. The molecule has 2 rings (SSSR count). The number of rotatable bonds is 5. The summed E-state index contributed by atoms with van der Waals surface area (Å²) >= 11 is 0. The summed E-state index contributed by atoms with van der Waals surface area (Å²) in [4.78, 5) is 11.7. The van der Waals surface area contributed by atoms with Crippen LogP contribution in [-0.2, 0) is 17.6 Å². The van der Waals surface area contributed by atoms with Gasteiger partial charge >= 0.3 is 5.97 Å². The van der Waals surface area contributed by atoms with Gasteiger partial charge in [0.05, 0.1) is 5.92 Å². The molecule has 1 unspecified atom stereocenters. The van der Waals surface area contributed by atoms with E-state index < -0.39 is 11.9 Å². The molecule has 0 radical (unpaired) electrons. The van der Waals surface area contributed by atoms with Gasteiger partial charge in [0.15, 0.2) is 0 Å². The van der Waals surface area contributed by atoms with Gasteiger partial charge in [-0.3, -0.25) is 4.79 Å². The third-order valence-corrected chi connectivity index (χ3v) is 3.98. The quantitative estimate of drug-likeness (QED) is 0.889. The van der Waals surface area contributed by atoms with Crippen molar-refractivity contribution < 1.29 is 9.90 Å². The van der Waals surface area contributed by atoms with Crippen molar-refractivity contribution in [3.05, 3.63) is 70.3 Å². The van der Waals surface area contributed by atoms with E-state index in [-0.39, 0.29) is 0 Å². The first-order valence-electron chi connectivity index (χ1n) is 7.39. The van der Waals surface area contributed by atoms with Crippen molar-refractivity contribution in [2.75, 3.05) is 0 Å². The second kappa shape index (κ2) is 6.57. The van der Waals surface area contributed by atoms with E-state index in [1.54, 1.807) is 0 Å². The lowest BCUT2D eigenvalue weighted by Gasteiger charge is -2.16. The highest BCUT2D eigenvalue weighted by Crippen LogP contribution is 2.25. The Morgan fingerprint density at radius 2 is 1.67 bits per heavy atom. The lowest BCUT2D eigenvalue weighted by molar-refractivity contribution is -0.138. The van der Waals surface area contributed by atoms with Crippen LogP contribution < -0.4 is 0 Å². The number of hydrogen-bond donors (Lipinski definition) is 1. The van der Waals surface area contributed by atoms with Gasteiger partial charge in [-0.15, -0.1) is 0 Å². The lowest BCUT2D eigenvalue weighted by atomic mass is 9.88. The first kappa shape index (κ1) is 15.3. The van der Waals surface area contributed by atoms with Gasteiger partial charge in [-0.25, -0.2) is 0 Å². The molecule has 0 spiro atoms. The maximum absolute atomic E-state index is 11.7. The second-order valence-electron chi connectivity index (χ2n) is 5.63. The molecule has 2 aromatic carbocycles. The first-order valence-corrected chi connectivity index (χ1v) is 7.39. The van der Waals surface area contributed by atoms with Crippen molar-refractivity contribution in [2.45, 2.75) is 39.5 Å². The minimum atomic E-state index is -0.761. The van der Waals surface area contributed by atoms with Gasteiger partial charge in [0.25, 0.3) is 0 Å². The summed E-state index contributed by atoms with van der Waals surface area (Å²) in [5.41, 5.74) is 5.40. The Kier molecular flexibility index (Phi) is 4.79. The molecular formula is C19H22O2. The highest BCUT2D eigenvalue weighted by atomic mass is 16.4. The van der Waals surface area contributed by atoms with Crippen LogP contribution in [0.25, 0.3) is 0 Å². The summed E-state index contributed by atoms with van der Waals surface area (Å²) in [6.45, 7) is 6.09. The zero-order valence-electron chi connectivity index (χ0n) is 12.9. The number of benzene rings is 2. The van der Waals surface area contributed by atoms with Crippen LogP contribution in [-0.4, -0.2) is 11.1 Å². The standard InChI is InChI=1S/C19H22O2/c1-4-15-7-9-16(10-8-15)12-18(19(20)21)17-11-13(2)5-6-14(17)3/h5-11,18H,4,12H2,1-3H3,(H,20,21). The van der Waals surface area contributed by atoms with Crippen LogP contribution in [0.5, 0.6) is 0 Å². The molecular weight excluding hydrogens is 260 g/mol. The van der Waals surface area contributed by atoms with Crippen LogP contribution in [0.3, 0.4) is 0 Å². The van der Waals surface area contributed by atoms with Crippen LogP contribution in [0, 0.1) is 13.8 Å². The Labute approximate surface area is 126 Å². The van der Waals surface area contributed by atoms with Crippen molar-refractivity contribution in [3.63, 3.8) is 0 Å². The highest BCUT2D eigenvalue weighted by molar-refractivity contribution is 5.77. The smallest absolute Gasteiger partial charge is 0.311 e. The molecule has 0 bridgehead atoms. The Bertz CT molecular complexity index is 627. The molecule has 1 atom stereocenters. The molecule has 0 saturated heterocycles. The minimum absolute atomic E-state index is 0.489. The van der Waals surface area contributed by atoms with Gasteiger partial charge in [0.1, 0.15) is 0 Å². The Morgan fingerprint density at radius 3 is 2.24 bits per heavy atom. The number of aryl methyl sites for hydroxylation is 3. The van der Waals surface area contributed by atoms with Crippen molar-refractivity contribution in [3.8, 4) is 0 Å². The molecule has 1 N–H and O–H groups in total. The van der Waals surface area contributed by atoms with E-state index in [0.29, 0.717) is 6.42 Å². The van der Waals surface area contributed by atoms with Crippen molar-refractivity contribution >= 4 is 5.97 Å². The molecule has 0 aromatic heterocycles. The van der Waals surface area contributed by atoms with Crippen LogP contribution in [0.15, 0.2) is 42.5 Å². The normalized spacial score (nSPS) is 12.1. The second-order valence-corrected chi connectivity index (χ2v) is 5.63. The van der Waals surface area contributed by atoms with Crippen LogP contribution >= 0.6 is 0 Å². The summed E-state index contributed by atoms with van der Waals surface area (Å²) in [6.07, 6.45) is 1.53. The maximum Gasteiger partial charge on any atom is 0.311 e. The molecule has 0 aliphatic heterocycles. The van der Waals surface area contributed by atoms with Crippen molar-refractivity contribution in [1.29, 1.82) is 0 Å². The van der Waals surface area contributed by atoms with Crippen LogP contribution in [0.4, 0.5) is 0 Å². The third kappa shape index (κ3) is 3.72. The summed E-state index contributed by atoms with van der Waals surface area (Å²) in [5.74, 6) is -1.25. The highest BCUT2D eigenvalue weighted by Gasteiger charge is 2.22. The fraction of sp³-hybridized carbons (Fsp3) is 0.316. The number of hydrogen-bond acceptors (Lipinski definition) is 1. The van der Waals surface area contributed by atoms with Gasteiger partial charge in [0, 0.05) is 0 Å². The SMILES string of the molecule is CCc1ccc(CC(C(=O)O)c2cc(C)ccc2C)cc1. The molecule has 21 heavy (non-hydrogen) atoms. The lowest BCUT2D eigenvalue weighted by Crippen LogP contribution is -2.16. The zero-order valence-corrected chi connectivity index (χ0v) is 12.9. The first-order chi connectivity index (χ1) is 10.0. The summed E-state index contributed by atoms with van der Waals surface area (Å²) in [5, 5.41) is 9.60. The monoisotopic (exact) mass is 282 g/mol. The summed E-state index contributed by atoms with van der Waals surface area (Å²) < 4.78 is 0. The Morgan fingerprint density at radius 1 is 1.05 bits per heavy atom. The van der Waals surface area contributed by atoms with E-state index in [2.05, 4.69) is 19.1 Å². The van der Waals surface area contributed by atoms with E-state index >= 15 is 0 Å². The maximum atomic E-state index is 11.7. The third-order valence-electron chi connectivity index (χ3n) is 3.98. The predicted octanol–water partition coefficient (Wildman–Crippen LogP) is 4.28. The average Bonchev–Trinajstić information content (AvgIpc) is 2.48. The predicted molar refractivity (Wildman–Crippen MR) is 85.8 cm³/mol. The molecule has 2 aromatic rings. The number of carbonyl (C=O) groups is 1. The molecule has 0 saturated carbocycles. The molecule has 0 fully saturated rings. The van der Waals surface area contributed by atoms with Gasteiger partial charge in [-0.05, 0) is 48.9 Å². The molecule has 0 heterocycles. The number of carboxylic acid groups (broad SMARTS) is 1. The molecule has 0 aliphatic rings. The average molecular weight is 282 g/mol. The minimum Gasteiger partial charge on any atom is -0.481 e. The zero-order chi connectivity index (χ0) is 15.4. The fourth-order valence-corrected chi connectivity index (χ4v) is 2.61.